The van der Waals surface area contributed by atoms with E-state index in [0.29, 0.717) is 11.4 Å². The predicted octanol–water partition coefficient (Wildman–Crippen LogP) is 3.55. The zero-order chi connectivity index (χ0) is 13.0. The van der Waals surface area contributed by atoms with Gasteiger partial charge >= 0.3 is 0 Å². The van der Waals surface area contributed by atoms with Gasteiger partial charge in [0.15, 0.2) is 0 Å². The summed E-state index contributed by atoms with van der Waals surface area (Å²) in [5, 5.41) is 11.6. The molecule has 1 unspecified atom stereocenters. The minimum absolute atomic E-state index is 0.429. The molecule has 1 aromatic heterocycles. The van der Waals surface area contributed by atoms with Crippen LogP contribution in [-0.2, 0) is 5.60 Å². The standard InChI is InChI=1S/C15H14ClNO/c1-2-9-15(18,13-7-10-17-11-8-13)12-3-5-14(16)6-4-12/h2-8,10-11,18H,1,9H2. The number of rotatable bonds is 4. The second-order valence-corrected chi connectivity index (χ2v) is 4.53. The van der Waals surface area contributed by atoms with E-state index in [1.165, 1.54) is 0 Å². The minimum Gasteiger partial charge on any atom is -0.380 e. The summed E-state index contributed by atoms with van der Waals surface area (Å²) in [6.45, 7) is 3.71. The molecule has 0 aliphatic rings. The van der Waals surface area contributed by atoms with Crippen LogP contribution >= 0.6 is 11.6 Å². The monoisotopic (exact) mass is 259 g/mol. The fourth-order valence-corrected chi connectivity index (χ4v) is 2.09. The normalized spacial score (nSPS) is 13.9. The molecule has 1 N–H and O–H groups in total. The smallest absolute Gasteiger partial charge is 0.118 e. The van der Waals surface area contributed by atoms with Gasteiger partial charge in [0, 0.05) is 23.8 Å². The van der Waals surface area contributed by atoms with Crippen LogP contribution in [0, 0.1) is 0 Å². The van der Waals surface area contributed by atoms with Crippen LogP contribution in [0.2, 0.25) is 5.02 Å². The first-order chi connectivity index (χ1) is 8.66. The molecule has 0 saturated heterocycles. The van der Waals surface area contributed by atoms with Gasteiger partial charge in [-0.15, -0.1) is 6.58 Å². The van der Waals surface area contributed by atoms with Crippen LogP contribution in [-0.4, -0.2) is 10.1 Å². The lowest BCUT2D eigenvalue weighted by atomic mass is 9.84. The molecular formula is C15H14ClNO. The van der Waals surface area contributed by atoms with Crippen molar-refractivity contribution in [2.75, 3.05) is 0 Å². The highest BCUT2D eigenvalue weighted by molar-refractivity contribution is 6.30. The van der Waals surface area contributed by atoms with Crippen molar-refractivity contribution in [3.8, 4) is 0 Å². The maximum absolute atomic E-state index is 10.9. The highest BCUT2D eigenvalue weighted by atomic mass is 35.5. The summed E-state index contributed by atoms with van der Waals surface area (Å²) in [6.07, 6.45) is 5.46. The molecule has 0 radical (unpaired) electrons. The van der Waals surface area contributed by atoms with Gasteiger partial charge in [0.1, 0.15) is 5.60 Å². The maximum atomic E-state index is 10.9. The molecule has 1 heterocycles. The summed E-state index contributed by atoms with van der Waals surface area (Å²) in [6, 6.07) is 10.8. The molecule has 0 saturated carbocycles. The number of hydrogen-bond donors (Lipinski definition) is 1. The molecule has 2 aromatic rings. The number of halogens is 1. The average Bonchev–Trinajstić information content (AvgIpc) is 2.40. The molecule has 3 heteroatoms. The van der Waals surface area contributed by atoms with Gasteiger partial charge in [0.25, 0.3) is 0 Å². The Morgan fingerprint density at radius 3 is 2.22 bits per heavy atom. The third kappa shape index (κ3) is 2.45. The van der Waals surface area contributed by atoms with E-state index in [9.17, 15) is 5.11 Å². The third-order valence-electron chi connectivity index (χ3n) is 2.92. The molecule has 0 spiro atoms. The van der Waals surface area contributed by atoms with Gasteiger partial charge in [-0.05, 0) is 35.4 Å². The quantitative estimate of drug-likeness (QED) is 0.852. The van der Waals surface area contributed by atoms with Gasteiger partial charge in [0.05, 0.1) is 0 Å². The predicted molar refractivity (Wildman–Crippen MR) is 73.5 cm³/mol. The highest BCUT2D eigenvalue weighted by Gasteiger charge is 2.29. The van der Waals surface area contributed by atoms with E-state index in [1.807, 2.05) is 12.1 Å². The van der Waals surface area contributed by atoms with E-state index < -0.39 is 5.60 Å². The van der Waals surface area contributed by atoms with Crippen LogP contribution in [0.5, 0.6) is 0 Å². The fourth-order valence-electron chi connectivity index (χ4n) is 1.96. The van der Waals surface area contributed by atoms with Crippen LogP contribution in [0.25, 0.3) is 0 Å². The summed E-state index contributed by atoms with van der Waals surface area (Å²) in [5.74, 6) is 0. The first-order valence-electron chi connectivity index (χ1n) is 5.66. The number of hydrogen-bond acceptors (Lipinski definition) is 2. The molecule has 1 aromatic carbocycles. The van der Waals surface area contributed by atoms with Crippen molar-refractivity contribution in [1.82, 2.24) is 4.98 Å². The average molecular weight is 260 g/mol. The summed E-state index contributed by atoms with van der Waals surface area (Å²) in [7, 11) is 0. The van der Waals surface area contributed by atoms with Crippen molar-refractivity contribution < 1.29 is 5.11 Å². The Hall–Kier alpha value is -1.64. The summed E-state index contributed by atoms with van der Waals surface area (Å²) < 4.78 is 0. The Morgan fingerprint density at radius 2 is 1.67 bits per heavy atom. The molecule has 0 fully saturated rings. The summed E-state index contributed by atoms with van der Waals surface area (Å²) in [5.41, 5.74) is 0.493. The van der Waals surface area contributed by atoms with Crippen LogP contribution in [0.1, 0.15) is 17.5 Å². The lowest BCUT2D eigenvalue weighted by molar-refractivity contribution is 0.0841. The van der Waals surface area contributed by atoms with E-state index >= 15 is 0 Å². The van der Waals surface area contributed by atoms with Gasteiger partial charge in [-0.2, -0.15) is 0 Å². The van der Waals surface area contributed by atoms with E-state index in [-0.39, 0.29) is 0 Å². The molecule has 2 rings (SSSR count). The van der Waals surface area contributed by atoms with Crippen molar-refractivity contribution in [2.24, 2.45) is 0 Å². The second-order valence-electron chi connectivity index (χ2n) is 4.10. The first-order valence-corrected chi connectivity index (χ1v) is 6.04. The van der Waals surface area contributed by atoms with E-state index in [4.69, 9.17) is 11.6 Å². The van der Waals surface area contributed by atoms with Crippen LogP contribution in [0.4, 0.5) is 0 Å². The summed E-state index contributed by atoms with van der Waals surface area (Å²) >= 11 is 5.87. The molecule has 0 amide bonds. The molecule has 0 aliphatic carbocycles. The molecule has 2 nitrogen and oxygen atoms in total. The molecule has 0 bridgehead atoms. The first kappa shape index (κ1) is 12.8. The van der Waals surface area contributed by atoms with Gasteiger partial charge in [-0.3, -0.25) is 4.98 Å². The van der Waals surface area contributed by atoms with Crippen LogP contribution in [0.3, 0.4) is 0 Å². The number of benzene rings is 1. The van der Waals surface area contributed by atoms with E-state index in [0.717, 1.165) is 11.1 Å². The van der Waals surface area contributed by atoms with Gasteiger partial charge in [-0.25, -0.2) is 0 Å². The largest absolute Gasteiger partial charge is 0.380 e. The molecule has 18 heavy (non-hydrogen) atoms. The lowest BCUT2D eigenvalue weighted by Gasteiger charge is -2.28. The van der Waals surface area contributed by atoms with Crippen molar-refractivity contribution in [3.05, 3.63) is 77.6 Å². The van der Waals surface area contributed by atoms with Gasteiger partial charge in [-0.1, -0.05) is 29.8 Å². The Kier molecular flexibility index (Phi) is 3.80. The SMILES string of the molecule is C=CCC(O)(c1ccncc1)c1ccc(Cl)cc1. The van der Waals surface area contributed by atoms with Gasteiger partial charge in [0.2, 0.25) is 0 Å². The highest BCUT2D eigenvalue weighted by Crippen LogP contribution is 2.33. The molecule has 0 aliphatic heterocycles. The molecule has 92 valence electrons. The number of nitrogens with zero attached hydrogens (tertiary/aromatic N) is 1. The van der Waals surface area contributed by atoms with Crippen LogP contribution < -0.4 is 0 Å². The second kappa shape index (κ2) is 5.34. The molecule has 1 atom stereocenters. The van der Waals surface area contributed by atoms with E-state index in [2.05, 4.69) is 11.6 Å². The van der Waals surface area contributed by atoms with Crippen LogP contribution in [0.15, 0.2) is 61.4 Å². The Bertz CT molecular complexity index is 524. The van der Waals surface area contributed by atoms with Gasteiger partial charge < -0.3 is 5.11 Å². The third-order valence-corrected chi connectivity index (χ3v) is 3.17. The Balaban J connectivity index is 2.50. The Labute approximate surface area is 112 Å². The molecular weight excluding hydrogens is 246 g/mol. The topological polar surface area (TPSA) is 33.1 Å². The number of aromatic nitrogens is 1. The minimum atomic E-state index is -1.09. The fraction of sp³-hybridized carbons (Fsp3) is 0.133. The maximum Gasteiger partial charge on any atom is 0.118 e. The number of pyridine rings is 1. The zero-order valence-electron chi connectivity index (χ0n) is 9.88. The van der Waals surface area contributed by atoms with Crippen molar-refractivity contribution >= 4 is 11.6 Å². The van der Waals surface area contributed by atoms with Crippen molar-refractivity contribution in [1.29, 1.82) is 0 Å². The van der Waals surface area contributed by atoms with Crippen molar-refractivity contribution in [3.63, 3.8) is 0 Å². The van der Waals surface area contributed by atoms with E-state index in [1.54, 1.807) is 42.7 Å². The zero-order valence-corrected chi connectivity index (χ0v) is 10.6. The Morgan fingerprint density at radius 1 is 1.11 bits per heavy atom. The van der Waals surface area contributed by atoms with Crippen molar-refractivity contribution in [2.45, 2.75) is 12.0 Å². The lowest BCUT2D eigenvalue weighted by Crippen LogP contribution is -2.26. The summed E-state index contributed by atoms with van der Waals surface area (Å²) in [4.78, 5) is 3.97. The number of aliphatic hydroxyl groups is 1.